The number of ether oxygens (including phenoxy) is 2. The van der Waals surface area contributed by atoms with Gasteiger partial charge in [0.05, 0.1) is 36.7 Å². The normalized spacial score (nSPS) is 13.4. The molecule has 11 heteroatoms. The van der Waals surface area contributed by atoms with Gasteiger partial charge in [-0.3, -0.25) is 10.1 Å². The van der Waals surface area contributed by atoms with Crippen LogP contribution in [0.3, 0.4) is 0 Å². The van der Waals surface area contributed by atoms with E-state index in [9.17, 15) is 9.59 Å². The first-order valence-corrected chi connectivity index (χ1v) is 15.3. The van der Waals surface area contributed by atoms with E-state index in [1.165, 1.54) is 0 Å². The van der Waals surface area contributed by atoms with E-state index in [0.717, 1.165) is 27.7 Å². The molecule has 2 aromatic heterocycles. The molecule has 0 radical (unpaired) electrons. The zero-order valence-electron chi connectivity index (χ0n) is 26.4. The van der Waals surface area contributed by atoms with Gasteiger partial charge >= 0.3 is 6.03 Å². The van der Waals surface area contributed by atoms with E-state index in [1.54, 1.807) is 34.0 Å². The zero-order valence-corrected chi connectivity index (χ0v) is 26.4. The maximum Gasteiger partial charge on any atom is 0.324 e. The maximum absolute atomic E-state index is 13.4. The van der Waals surface area contributed by atoms with Gasteiger partial charge in [0.15, 0.2) is 0 Å². The van der Waals surface area contributed by atoms with Gasteiger partial charge in [0, 0.05) is 47.6 Å². The van der Waals surface area contributed by atoms with E-state index in [0.29, 0.717) is 55.3 Å². The van der Waals surface area contributed by atoms with Crippen LogP contribution in [0.1, 0.15) is 37.9 Å². The molecular weight excluding hydrogens is 582 g/mol. The Morgan fingerprint density at radius 1 is 0.935 bits per heavy atom. The molecule has 2 N–H and O–H groups in total. The first-order chi connectivity index (χ1) is 22.1. The molecule has 1 fully saturated rings. The van der Waals surface area contributed by atoms with Crippen LogP contribution in [0.15, 0.2) is 79.0 Å². The highest BCUT2D eigenvalue weighted by atomic mass is 16.5. The second-order valence-corrected chi connectivity index (χ2v) is 12.2. The molecule has 5 aromatic rings. The minimum atomic E-state index is -0.405. The molecule has 11 nitrogen and oxygen atoms in total. The molecule has 3 aromatic carbocycles. The molecule has 1 saturated heterocycles. The van der Waals surface area contributed by atoms with Crippen LogP contribution >= 0.6 is 0 Å². The number of amides is 3. The predicted molar refractivity (Wildman–Crippen MR) is 177 cm³/mol. The largest absolute Gasteiger partial charge is 0.438 e. The lowest BCUT2D eigenvalue weighted by molar-refractivity contribution is -0.134. The standard InChI is InChI=1S/C35H37N7O4/c1-23-9-11-24(12-10-23)42-31(21-29(40-42)35(2,3)4)39-34(44)37-27-13-14-28(26-8-6-5-7-25(26)27)46-32-15-16-36-30(38-32)22-33(43)41-17-19-45-20-18-41/h5-16,21H,17-20,22H2,1-4H3,(H2,37,39,44). The maximum atomic E-state index is 13.4. The smallest absolute Gasteiger partial charge is 0.324 e. The molecule has 3 amide bonds. The number of carbonyl (C=O) groups is 2. The summed E-state index contributed by atoms with van der Waals surface area (Å²) >= 11 is 0. The Labute approximate surface area is 267 Å². The molecular formula is C35H37N7O4. The summed E-state index contributed by atoms with van der Waals surface area (Å²) in [5.41, 5.74) is 3.24. The highest BCUT2D eigenvalue weighted by molar-refractivity contribution is 6.07. The highest BCUT2D eigenvalue weighted by Gasteiger charge is 2.22. The van der Waals surface area contributed by atoms with Crippen LogP contribution < -0.4 is 15.4 Å². The molecule has 0 spiro atoms. The van der Waals surface area contributed by atoms with Crippen LogP contribution in [0, 0.1) is 6.92 Å². The SMILES string of the molecule is Cc1ccc(-n2nc(C(C)(C)C)cc2NC(=O)Nc2ccc(Oc3ccnc(CC(=O)N4CCOCC4)n3)c3ccccc23)cc1. The number of benzene rings is 3. The molecule has 6 rings (SSSR count). The third kappa shape index (κ3) is 7.00. The van der Waals surface area contributed by atoms with E-state index >= 15 is 0 Å². The molecule has 0 bridgehead atoms. The number of aromatic nitrogens is 4. The van der Waals surface area contributed by atoms with Gasteiger partial charge in [0.1, 0.15) is 17.4 Å². The number of carbonyl (C=O) groups excluding carboxylic acids is 2. The Balaban J connectivity index is 1.20. The number of aryl methyl sites for hydroxylation is 1. The van der Waals surface area contributed by atoms with Crippen LogP contribution in [0.4, 0.5) is 16.3 Å². The number of morpholine rings is 1. The van der Waals surface area contributed by atoms with Gasteiger partial charge in [0.2, 0.25) is 11.8 Å². The van der Waals surface area contributed by atoms with Gasteiger partial charge in [-0.25, -0.2) is 14.5 Å². The van der Waals surface area contributed by atoms with Crippen molar-refractivity contribution in [3.05, 3.63) is 96.1 Å². The van der Waals surface area contributed by atoms with Crippen molar-refractivity contribution in [3.8, 4) is 17.3 Å². The van der Waals surface area contributed by atoms with Gasteiger partial charge in [-0.05, 0) is 31.2 Å². The average Bonchev–Trinajstić information content (AvgIpc) is 3.47. The minimum absolute atomic E-state index is 0.0452. The summed E-state index contributed by atoms with van der Waals surface area (Å²) in [6, 6.07) is 22.3. The predicted octanol–water partition coefficient (Wildman–Crippen LogP) is 6.26. The first kappa shape index (κ1) is 30.7. The van der Waals surface area contributed by atoms with Gasteiger partial charge in [-0.15, -0.1) is 0 Å². The van der Waals surface area contributed by atoms with Gasteiger partial charge in [0.25, 0.3) is 0 Å². The lowest BCUT2D eigenvalue weighted by Gasteiger charge is -2.26. The van der Waals surface area contributed by atoms with Crippen molar-refractivity contribution >= 4 is 34.2 Å². The lowest BCUT2D eigenvalue weighted by Crippen LogP contribution is -2.41. The molecule has 0 saturated carbocycles. The molecule has 1 aliphatic rings. The highest BCUT2D eigenvalue weighted by Crippen LogP contribution is 2.34. The molecule has 236 valence electrons. The van der Waals surface area contributed by atoms with Crippen LogP contribution in [-0.4, -0.2) is 62.9 Å². The van der Waals surface area contributed by atoms with Crippen LogP contribution in [-0.2, 0) is 21.4 Å². The van der Waals surface area contributed by atoms with Crippen LogP contribution in [0.25, 0.3) is 16.5 Å². The Morgan fingerprint density at radius 2 is 1.67 bits per heavy atom. The van der Waals surface area contributed by atoms with Gasteiger partial charge < -0.3 is 19.7 Å². The Hall–Kier alpha value is -5.29. The molecule has 0 atom stereocenters. The van der Waals surface area contributed by atoms with Crippen molar-refractivity contribution in [1.82, 2.24) is 24.6 Å². The quantitative estimate of drug-likeness (QED) is 0.220. The average molecular weight is 620 g/mol. The molecule has 1 aliphatic heterocycles. The number of urea groups is 1. The molecule has 0 aliphatic carbocycles. The summed E-state index contributed by atoms with van der Waals surface area (Å²) in [6.07, 6.45) is 1.66. The summed E-state index contributed by atoms with van der Waals surface area (Å²) in [7, 11) is 0. The monoisotopic (exact) mass is 619 g/mol. The van der Waals surface area contributed by atoms with E-state index in [2.05, 4.69) is 41.4 Å². The number of anilines is 2. The van der Waals surface area contributed by atoms with Crippen LogP contribution in [0.2, 0.25) is 0 Å². The second-order valence-electron chi connectivity index (χ2n) is 12.2. The summed E-state index contributed by atoms with van der Waals surface area (Å²) < 4.78 is 13.3. The minimum Gasteiger partial charge on any atom is -0.438 e. The van der Waals surface area contributed by atoms with Crippen molar-refractivity contribution in [2.45, 2.75) is 39.5 Å². The fourth-order valence-corrected chi connectivity index (χ4v) is 5.15. The fourth-order valence-electron chi connectivity index (χ4n) is 5.15. The van der Waals surface area contributed by atoms with Crippen molar-refractivity contribution in [2.75, 3.05) is 36.9 Å². The van der Waals surface area contributed by atoms with Crippen molar-refractivity contribution in [3.63, 3.8) is 0 Å². The van der Waals surface area contributed by atoms with Crippen molar-refractivity contribution in [2.24, 2.45) is 0 Å². The number of nitrogens with zero attached hydrogens (tertiary/aromatic N) is 5. The summed E-state index contributed by atoms with van der Waals surface area (Å²) in [5.74, 6) is 1.77. The first-order valence-electron chi connectivity index (χ1n) is 15.3. The van der Waals surface area contributed by atoms with E-state index in [-0.39, 0.29) is 17.7 Å². The van der Waals surface area contributed by atoms with Crippen molar-refractivity contribution < 1.29 is 19.1 Å². The lowest BCUT2D eigenvalue weighted by atomic mass is 9.92. The topological polar surface area (TPSA) is 124 Å². The number of fused-ring (bicyclic) bond motifs is 1. The zero-order chi connectivity index (χ0) is 32.3. The number of nitrogens with one attached hydrogen (secondary N) is 2. The second kappa shape index (κ2) is 13.0. The summed E-state index contributed by atoms with van der Waals surface area (Å²) in [5, 5.41) is 12.4. The van der Waals surface area contributed by atoms with Gasteiger partial charge in [-0.1, -0.05) is 62.7 Å². The molecule has 0 unspecified atom stereocenters. The van der Waals surface area contributed by atoms with Gasteiger partial charge in [-0.2, -0.15) is 10.1 Å². The number of hydrogen-bond donors (Lipinski definition) is 2. The Morgan fingerprint density at radius 3 is 2.41 bits per heavy atom. The van der Waals surface area contributed by atoms with Crippen LogP contribution in [0.5, 0.6) is 11.6 Å². The molecule has 46 heavy (non-hydrogen) atoms. The Bertz CT molecular complexity index is 1870. The van der Waals surface area contributed by atoms with E-state index in [4.69, 9.17) is 14.6 Å². The Kier molecular flexibility index (Phi) is 8.67. The third-order valence-electron chi connectivity index (χ3n) is 7.70. The summed E-state index contributed by atoms with van der Waals surface area (Å²) in [6.45, 7) is 10.5. The number of rotatable bonds is 7. The fraction of sp³-hybridized carbons (Fsp3) is 0.286. The molecule has 3 heterocycles. The summed E-state index contributed by atoms with van der Waals surface area (Å²) in [4.78, 5) is 36.6. The number of hydrogen-bond acceptors (Lipinski definition) is 7. The van der Waals surface area contributed by atoms with E-state index < -0.39 is 6.03 Å². The van der Waals surface area contributed by atoms with Crippen molar-refractivity contribution in [1.29, 1.82) is 0 Å². The van der Waals surface area contributed by atoms with E-state index in [1.807, 2.05) is 61.5 Å². The third-order valence-corrected chi connectivity index (χ3v) is 7.70.